The number of benzene rings is 1. The van der Waals surface area contributed by atoms with Crippen LogP contribution in [0.25, 0.3) is 0 Å². The number of pyridine rings is 1. The van der Waals surface area contributed by atoms with E-state index in [4.69, 9.17) is 15.9 Å². The summed E-state index contributed by atoms with van der Waals surface area (Å²) >= 11 is 3.42. The molecule has 0 spiro atoms. The lowest BCUT2D eigenvalue weighted by Crippen LogP contribution is -1.99. The molecule has 0 saturated carbocycles. The van der Waals surface area contributed by atoms with Crippen LogP contribution in [0.1, 0.15) is 5.56 Å². The average Bonchev–Trinajstić information content (AvgIpc) is 2.61. The van der Waals surface area contributed by atoms with Gasteiger partial charge in [0.05, 0.1) is 18.2 Å². The van der Waals surface area contributed by atoms with E-state index in [1.807, 2.05) is 0 Å². The summed E-state index contributed by atoms with van der Waals surface area (Å²) in [5, 5.41) is 14.6. The number of terminal acetylenes is 1. The van der Waals surface area contributed by atoms with E-state index in [1.165, 1.54) is 19.2 Å². The highest BCUT2D eigenvalue weighted by atomic mass is 79.9. The summed E-state index contributed by atoms with van der Waals surface area (Å²) in [5.41, 5.74) is 3.32. The normalized spacial score (nSPS) is 10.3. The molecule has 0 radical (unpaired) electrons. The minimum absolute atomic E-state index is 0.0930. The van der Waals surface area contributed by atoms with Crippen LogP contribution in [0.5, 0.6) is 11.5 Å². The molecule has 9 heteroatoms. The number of rotatable bonds is 7. The van der Waals surface area contributed by atoms with E-state index in [9.17, 15) is 10.1 Å². The van der Waals surface area contributed by atoms with Crippen molar-refractivity contribution in [2.24, 2.45) is 5.10 Å². The van der Waals surface area contributed by atoms with Crippen molar-refractivity contribution < 1.29 is 14.4 Å². The predicted molar refractivity (Wildman–Crippen MR) is 97.1 cm³/mol. The minimum atomic E-state index is -0.521. The topological polar surface area (TPSA) is 98.9 Å². The summed E-state index contributed by atoms with van der Waals surface area (Å²) in [6.07, 6.45) is 7.87. The maximum atomic E-state index is 10.6. The molecule has 0 fully saturated rings. The molecule has 8 nitrogen and oxygen atoms in total. The lowest BCUT2D eigenvalue weighted by molar-refractivity contribution is -0.385. The standard InChI is InChI=1S/C16H13BrN4O4/c1-3-6-25-15-8-13(17)11(7-14(15)24-2)9-19-20-16-5-4-12(10-18-16)21(22)23/h1,4-5,7-10H,6H2,2H3,(H,18,20)/b19-9-. The second kappa shape index (κ2) is 8.65. The number of hydrazone groups is 1. The number of halogens is 1. The molecule has 2 rings (SSSR count). The van der Waals surface area contributed by atoms with Crippen molar-refractivity contribution in [1.29, 1.82) is 0 Å². The van der Waals surface area contributed by atoms with Crippen LogP contribution in [0.2, 0.25) is 0 Å². The number of aromatic nitrogens is 1. The first kappa shape index (κ1) is 18.2. The number of anilines is 1. The molecule has 0 bridgehead atoms. The van der Waals surface area contributed by atoms with Crippen LogP contribution in [-0.4, -0.2) is 29.8 Å². The van der Waals surface area contributed by atoms with Gasteiger partial charge < -0.3 is 9.47 Å². The Balaban J connectivity index is 2.12. The largest absolute Gasteiger partial charge is 0.493 e. The Hall–Kier alpha value is -3.12. The molecule has 0 amide bonds. The van der Waals surface area contributed by atoms with Gasteiger partial charge in [-0.05, 0) is 34.1 Å². The van der Waals surface area contributed by atoms with Crippen LogP contribution >= 0.6 is 15.9 Å². The zero-order valence-electron chi connectivity index (χ0n) is 13.1. The average molecular weight is 405 g/mol. The fraction of sp³-hybridized carbons (Fsp3) is 0.125. The highest BCUT2D eigenvalue weighted by molar-refractivity contribution is 9.10. The van der Waals surface area contributed by atoms with Crippen molar-refractivity contribution in [3.63, 3.8) is 0 Å². The highest BCUT2D eigenvalue weighted by Gasteiger charge is 2.09. The van der Waals surface area contributed by atoms with Crippen LogP contribution in [0, 0.1) is 22.5 Å². The van der Waals surface area contributed by atoms with Gasteiger partial charge in [-0.1, -0.05) is 5.92 Å². The molecule has 0 aliphatic heterocycles. The second-order valence-electron chi connectivity index (χ2n) is 4.55. The lowest BCUT2D eigenvalue weighted by Gasteiger charge is -2.10. The zero-order chi connectivity index (χ0) is 18.2. The van der Waals surface area contributed by atoms with Crippen LogP contribution in [0.15, 0.2) is 40.0 Å². The van der Waals surface area contributed by atoms with Crippen molar-refractivity contribution in [3.05, 3.63) is 50.6 Å². The van der Waals surface area contributed by atoms with Crippen molar-refractivity contribution in [2.75, 3.05) is 19.1 Å². The summed E-state index contributed by atoms with van der Waals surface area (Å²) in [7, 11) is 1.52. The van der Waals surface area contributed by atoms with Crippen molar-refractivity contribution in [1.82, 2.24) is 4.98 Å². The highest BCUT2D eigenvalue weighted by Crippen LogP contribution is 2.32. The van der Waals surface area contributed by atoms with Gasteiger partial charge in [0.15, 0.2) is 11.5 Å². The van der Waals surface area contributed by atoms with Crippen LogP contribution in [0.4, 0.5) is 11.5 Å². The van der Waals surface area contributed by atoms with Gasteiger partial charge in [0.2, 0.25) is 0 Å². The first-order valence-electron chi connectivity index (χ1n) is 6.88. The molecule has 128 valence electrons. The molecule has 0 unspecified atom stereocenters. The number of ether oxygens (including phenoxy) is 2. The number of hydrogen-bond donors (Lipinski definition) is 1. The smallest absolute Gasteiger partial charge is 0.287 e. The summed E-state index contributed by atoms with van der Waals surface area (Å²) < 4.78 is 11.4. The molecule has 0 aliphatic rings. The third kappa shape index (κ3) is 4.92. The van der Waals surface area contributed by atoms with Crippen LogP contribution < -0.4 is 14.9 Å². The van der Waals surface area contributed by atoms with Crippen molar-refractivity contribution in [3.8, 4) is 23.8 Å². The molecule has 1 heterocycles. The first-order valence-corrected chi connectivity index (χ1v) is 7.67. The van der Waals surface area contributed by atoms with Gasteiger partial charge >= 0.3 is 0 Å². The Morgan fingerprint density at radius 3 is 2.88 bits per heavy atom. The summed E-state index contributed by atoms with van der Waals surface area (Å²) in [6, 6.07) is 6.25. The summed E-state index contributed by atoms with van der Waals surface area (Å²) in [6.45, 7) is 0.129. The predicted octanol–water partition coefficient (Wildman–Crippen LogP) is 3.22. The van der Waals surface area contributed by atoms with E-state index in [-0.39, 0.29) is 12.3 Å². The molecular formula is C16H13BrN4O4. The van der Waals surface area contributed by atoms with Crippen LogP contribution in [-0.2, 0) is 0 Å². The minimum Gasteiger partial charge on any atom is -0.493 e. The van der Waals surface area contributed by atoms with Gasteiger partial charge in [-0.3, -0.25) is 15.5 Å². The first-order chi connectivity index (χ1) is 12.0. The molecule has 2 aromatic rings. The quantitative estimate of drug-likeness (QED) is 0.329. The molecule has 25 heavy (non-hydrogen) atoms. The third-order valence-electron chi connectivity index (χ3n) is 2.94. The van der Waals surface area contributed by atoms with Crippen molar-refractivity contribution in [2.45, 2.75) is 0 Å². The zero-order valence-corrected chi connectivity index (χ0v) is 14.7. The Kier molecular flexibility index (Phi) is 6.31. The Morgan fingerprint density at radius 2 is 2.28 bits per heavy atom. The number of methoxy groups -OCH3 is 1. The van der Waals surface area contributed by atoms with Crippen molar-refractivity contribution >= 4 is 33.6 Å². The second-order valence-corrected chi connectivity index (χ2v) is 5.40. The Bertz CT molecular complexity index is 831. The van der Waals surface area contributed by atoms with E-state index in [2.05, 4.69) is 37.4 Å². The molecule has 0 aliphatic carbocycles. The fourth-order valence-electron chi connectivity index (χ4n) is 1.77. The molecule has 0 atom stereocenters. The van der Waals surface area contributed by atoms with Crippen LogP contribution in [0.3, 0.4) is 0 Å². The van der Waals surface area contributed by atoms with Gasteiger partial charge in [0.1, 0.15) is 18.6 Å². The van der Waals surface area contributed by atoms with E-state index in [1.54, 1.807) is 18.3 Å². The Labute approximate surface area is 152 Å². The maximum Gasteiger partial charge on any atom is 0.287 e. The number of hydrogen-bond acceptors (Lipinski definition) is 7. The molecule has 0 saturated heterocycles. The SMILES string of the molecule is C#CCOc1cc(Br)c(/C=N\Nc2ccc([N+](=O)[O-])cn2)cc1OC. The fourth-order valence-corrected chi connectivity index (χ4v) is 2.19. The molecule has 1 aromatic heterocycles. The van der Waals surface area contributed by atoms with E-state index in [0.717, 1.165) is 16.2 Å². The maximum absolute atomic E-state index is 10.6. The van der Waals surface area contributed by atoms with E-state index in [0.29, 0.717) is 17.3 Å². The molecule has 1 aromatic carbocycles. The Morgan fingerprint density at radius 1 is 1.48 bits per heavy atom. The summed E-state index contributed by atoms with van der Waals surface area (Å²) in [5.74, 6) is 3.78. The number of nitrogens with one attached hydrogen (secondary N) is 1. The lowest BCUT2D eigenvalue weighted by atomic mass is 10.2. The number of nitrogens with zero attached hydrogens (tertiary/aromatic N) is 3. The monoisotopic (exact) mass is 404 g/mol. The van der Waals surface area contributed by atoms with Gasteiger partial charge in [-0.15, -0.1) is 6.42 Å². The third-order valence-corrected chi connectivity index (χ3v) is 3.62. The van der Waals surface area contributed by atoms with Gasteiger partial charge in [0, 0.05) is 16.1 Å². The van der Waals surface area contributed by atoms with E-state index < -0.39 is 4.92 Å². The number of nitro groups is 1. The van der Waals surface area contributed by atoms with Gasteiger partial charge in [-0.25, -0.2) is 4.98 Å². The van der Waals surface area contributed by atoms with Gasteiger partial charge in [0.25, 0.3) is 5.69 Å². The molecule has 1 N–H and O–H groups in total. The summed E-state index contributed by atoms with van der Waals surface area (Å²) in [4.78, 5) is 14.0. The van der Waals surface area contributed by atoms with E-state index >= 15 is 0 Å². The van der Waals surface area contributed by atoms with Gasteiger partial charge in [-0.2, -0.15) is 5.10 Å². The molecular weight excluding hydrogens is 392 g/mol.